The van der Waals surface area contributed by atoms with Crippen molar-refractivity contribution in [3.05, 3.63) is 0 Å². The number of rotatable bonds is 6. The molecule has 0 aromatic carbocycles. The lowest BCUT2D eigenvalue weighted by atomic mass is 10.3. The Hall–Kier alpha value is -0.590. The van der Waals surface area contributed by atoms with Crippen molar-refractivity contribution in [2.45, 2.75) is 26.3 Å². The summed E-state index contributed by atoms with van der Waals surface area (Å²) >= 11 is 0. The SMILES string of the molecule is COCCN(CCC#N)C(C)C. The van der Waals surface area contributed by atoms with E-state index in [1.165, 1.54) is 0 Å². The zero-order valence-electron chi connectivity index (χ0n) is 8.21. The number of hydrogen-bond acceptors (Lipinski definition) is 3. The number of nitrogens with zero attached hydrogens (tertiary/aromatic N) is 2. The van der Waals surface area contributed by atoms with Gasteiger partial charge in [-0.3, -0.25) is 4.90 Å². The largest absolute Gasteiger partial charge is 0.383 e. The summed E-state index contributed by atoms with van der Waals surface area (Å²) in [5.41, 5.74) is 0. The third-order valence-electron chi connectivity index (χ3n) is 1.82. The Morgan fingerprint density at radius 1 is 1.42 bits per heavy atom. The Morgan fingerprint density at radius 3 is 2.50 bits per heavy atom. The van der Waals surface area contributed by atoms with Gasteiger partial charge in [0.1, 0.15) is 0 Å². The summed E-state index contributed by atoms with van der Waals surface area (Å²) in [5.74, 6) is 0. The summed E-state index contributed by atoms with van der Waals surface area (Å²) in [7, 11) is 1.70. The molecular weight excluding hydrogens is 152 g/mol. The van der Waals surface area contributed by atoms with E-state index >= 15 is 0 Å². The van der Waals surface area contributed by atoms with Crippen LogP contribution in [-0.2, 0) is 4.74 Å². The molecule has 3 nitrogen and oxygen atoms in total. The lowest BCUT2D eigenvalue weighted by Crippen LogP contribution is -2.34. The molecule has 0 saturated heterocycles. The lowest BCUT2D eigenvalue weighted by molar-refractivity contribution is 0.131. The Balaban J connectivity index is 3.64. The summed E-state index contributed by atoms with van der Waals surface area (Å²) < 4.78 is 4.98. The first-order chi connectivity index (χ1) is 5.72. The monoisotopic (exact) mass is 170 g/mol. The molecule has 0 saturated carbocycles. The molecule has 0 aliphatic carbocycles. The van der Waals surface area contributed by atoms with Crippen molar-refractivity contribution in [2.75, 3.05) is 26.8 Å². The minimum absolute atomic E-state index is 0.494. The first-order valence-corrected chi connectivity index (χ1v) is 4.32. The van der Waals surface area contributed by atoms with Crippen LogP contribution in [-0.4, -0.2) is 37.7 Å². The van der Waals surface area contributed by atoms with Gasteiger partial charge in [0.05, 0.1) is 12.7 Å². The average Bonchev–Trinajstić information content (AvgIpc) is 2.04. The molecule has 0 aromatic heterocycles. The fourth-order valence-corrected chi connectivity index (χ4v) is 1.03. The van der Waals surface area contributed by atoms with Gasteiger partial charge in [-0.15, -0.1) is 0 Å². The van der Waals surface area contributed by atoms with Crippen LogP contribution in [0.3, 0.4) is 0 Å². The second-order valence-corrected chi connectivity index (χ2v) is 3.03. The summed E-state index contributed by atoms with van der Waals surface area (Å²) in [6.07, 6.45) is 0.599. The molecule has 0 amide bonds. The molecule has 0 unspecified atom stereocenters. The van der Waals surface area contributed by atoms with E-state index in [-0.39, 0.29) is 0 Å². The molecule has 0 spiro atoms. The number of ether oxygens (including phenoxy) is 1. The molecule has 0 atom stereocenters. The Bertz CT molecular complexity index is 140. The molecule has 12 heavy (non-hydrogen) atoms. The highest BCUT2D eigenvalue weighted by atomic mass is 16.5. The predicted octanol–water partition coefficient (Wildman–Crippen LogP) is 1.26. The lowest BCUT2D eigenvalue weighted by Gasteiger charge is -2.24. The van der Waals surface area contributed by atoms with Crippen LogP contribution in [0.4, 0.5) is 0 Å². The van der Waals surface area contributed by atoms with Crippen molar-refractivity contribution in [1.82, 2.24) is 4.90 Å². The van der Waals surface area contributed by atoms with E-state index in [2.05, 4.69) is 24.8 Å². The molecule has 0 heterocycles. The van der Waals surface area contributed by atoms with E-state index in [0.29, 0.717) is 12.5 Å². The fraction of sp³-hybridized carbons (Fsp3) is 0.889. The van der Waals surface area contributed by atoms with Gasteiger partial charge in [-0.05, 0) is 13.8 Å². The van der Waals surface area contributed by atoms with Crippen LogP contribution in [0.5, 0.6) is 0 Å². The predicted molar refractivity (Wildman–Crippen MR) is 48.8 cm³/mol. The minimum atomic E-state index is 0.494. The molecule has 0 N–H and O–H groups in total. The molecule has 0 aromatic rings. The van der Waals surface area contributed by atoms with Gasteiger partial charge in [0.2, 0.25) is 0 Å². The van der Waals surface area contributed by atoms with Crippen molar-refractivity contribution in [3.8, 4) is 6.07 Å². The summed E-state index contributed by atoms with van der Waals surface area (Å²) in [6.45, 7) is 6.76. The topological polar surface area (TPSA) is 36.3 Å². The van der Waals surface area contributed by atoms with Crippen LogP contribution < -0.4 is 0 Å². The van der Waals surface area contributed by atoms with E-state index in [1.54, 1.807) is 7.11 Å². The van der Waals surface area contributed by atoms with Gasteiger partial charge in [-0.2, -0.15) is 5.26 Å². The normalized spacial score (nSPS) is 10.7. The second-order valence-electron chi connectivity index (χ2n) is 3.03. The van der Waals surface area contributed by atoms with Gasteiger partial charge in [-0.25, -0.2) is 0 Å². The highest BCUT2D eigenvalue weighted by Crippen LogP contribution is 1.98. The van der Waals surface area contributed by atoms with Crippen LogP contribution >= 0.6 is 0 Å². The first kappa shape index (κ1) is 11.4. The Labute approximate surface area is 74.9 Å². The van der Waals surface area contributed by atoms with Gasteiger partial charge in [0, 0.05) is 32.7 Å². The van der Waals surface area contributed by atoms with Crippen LogP contribution in [0.25, 0.3) is 0 Å². The highest BCUT2D eigenvalue weighted by Gasteiger charge is 2.07. The van der Waals surface area contributed by atoms with E-state index in [0.717, 1.165) is 19.7 Å². The second kappa shape index (κ2) is 7.08. The van der Waals surface area contributed by atoms with E-state index in [4.69, 9.17) is 10.00 Å². The maximum Gasteiger partial charge on any atom is 0.0635 e. The molecule has 0 radical (unpaired) electrons. The third kappa shape index (κ3) is 5.11. The zero-order valence-corrected chi connectivity index (χ0v) is 8.21. The van der Waals surface area contributed by atoms with Gasteiger partial charge in [0.25, 0.3) is 0 Å². The molecule has 70 valence electrons. The molecule has 0 aliphatic rings. The molecule has 0 fully saturated rings. The minimum Gasteiger partial charge on any atom is -0.383 e. The van der Waals surface area contributed by atoms with Crippen molar-refractivity contribution in [2.24, 2.45) is 0 Å². The summed E-state index contributed by atoms with van der Waals surface area (Å²) in [6, 6.07) is 2.64. The third-order valence-corrected chi connectivity index (χ3v) is 1.82. The van der Waals surface area contributed by atoms with Gasteiger partial charge >= 0.3 is 0 Å². The van der Waals surface area contributed by atoms with Crippen LogP contribution in [0, 0.1) is 11.3 Å². The zero-order chi connectivity index (χ0) is 9.40. The molecule has 0 rings (SSSR count). The molecule has 0 aliphatic heterocycles. The van der Waals surface area contributed by atoms with Crippen LogP contribution in [0.1, 0.15) is 20.3 Å². The van der Waals surface area contributed by atoms with Crippen LogP contribution in [0.2, 0.25) is 0 Å². The number of nitriles is 1. The summed E-state index contributed by atoms with van der Waals surface area (Å²) in [4.78, 5) is 2.24. The maximum atomic E-state index is 8.41. The standard InChI is InChI=1S/C9H18N2O/c1-9(2)11(6-4-5-10)7-8-12-3/h9H,4,6-8H2,1-3H3. The number of hydrogen-bond donors (Lipinski definition) is 0. The van der Waals surface area contributed by atoms with Crippen molar-refractivity contribution < 1.29 is 4.74 Å². The van der Waals surface area contributed by atoms with Gasteiger partial charge < -0.3 is 4.74 Å². The quantitative estimate of drug-likeness (QED) is 0.602. The Morgan fingerprint density at radius 2 is 2.08 bits per heavy atom. The Kier molecular flexibility index (Phi) is 6.73. The molecule has 3 heteroatoms. The average molecular weight is 170 g/mol. The number of methoxy groups -OCH3 is 1. The van der Waals surface area contributed by atoms with E-state index in [9.17, 15) is 0 Å². The van der Waals surface area contributed by atoms with Gasteiger partial charge in [-0.1, -0.05) is 0 Å². The highest BCUT2D eigenvalue weighted by molar-refractivity contribution is 4.73. The fourth-order valence-electron chi connectivity index (χ4n) is 1.03. The summed E-state index contributed by atoms with van der Waals surface area (Å²) in [5, 5.41) is 8.41. The smallest absolute Gasteiger partial charge is 0.0635 e. The molecular formula is C9H18N2O. The van der Waals surface area contributed by atoms with Crippen molar-refractivity contribution in [1.29, 1.82) is 5.26 Å². The first-order valence-electron chi connectivity index (χ1n) is 4.32. The van der Waals surface area contributed by atoms with Crippen LogP contribution in [0.15, 0.2) is 0 Å². The molecule has 0 bridgehead atoms. The van der Waals surface area contributed by atoms with Gasteiger partial charge in [0.15, 0.2) is 0 Å². The van der Waals surface area contributed by atoms with E-state index < -0.39 is 0 Å². The van der Waals surface area contributed by atoms with Crippen molar-refractivity contribution >= 4 is 0 Å². The van der Waals surface area contributed by atoms with E-state index in [1.807, 2.05) is 0 Å². The maximum absolute atomic E-state index is 8.41. The van der Waals surface area contributed by atoms with Crippen molar-refractivity contribution in [3.63, 3.8) is 0 Å².